The average Bonchev–Trinajstić information content (AvgIpc) is 2.96. The van der Waals surface area contributed by atoms with Gasteiger partial charge in [-0.25, -0.2) is 4.98 Å². The zero-order chi connectivity index (χ0) is 11.5. The fourth-order valence-corrected chi connectivity index (χ4v) is 2.72. The fraction of sp³-hybridized carbons (Fsp3) is 0.750. The summed E-state index contributed by atoms with van der Waals surface area (Å²) in [6.07, 6.45) is 2.81. The van der Waals surface area contributed by atoms with Gasteiger partial charge in [0.15, 0.2) is 0 Å². The third kappa shape index (κ3) is 3.03. The molecule has 4 heteroatoms. The van der Waals surface area contributed by atoms with Crippen molar-refractivity contribution in [2.45, 2.75) is 45.4 Å². The summed E-state index contributed by atoms with van der Waals surface area (Å²) in [6, 6.07) is 0.506. The van der Waals surface area contributed by atoms with Crippen LogP contribution in [-0.4, -0.2) is 18.1 Å². The van der Waals surface area contributed by atoms with Gasteiger partial charge in [0.2, 0.25) is 0 Å². The maximum absolute atomic E-state index is 5.53. The van der Waals surface area contributed by atoms with Crippen LogP contribution in [0.25, 0.3) is 0 Å². The van der Waals surface area contributed by atoms with E-state index >= 15 is 0 Å². The van der Waals surface area contributed by atoms with Crippen molar-refractivity contribution >= 4 is 11.3 Å². The molecule has 0 bridgehead atoms. The van der Waals surface area contributed by atoms with Gasteiger partial charge in [-0.05, 0) is 18.8 Å². The molecule has 1 aliphatic carbocycles. The zero-order valence-corrected chi connectivity index (χ0v) is 11.0. The first-order valence-corrected chi connectivity index (χ1v) is 6.79. The van der Waals surface area contributed by atoms with E-state index in [2.05, 4.69) is 29.5 Å². The molecule has 1 atom stereocenters. The Morgan fingerprint density at radius 1 is 1.56 bits per heavy atom. The molecule has 2 rings (SSSR count). The van der Waals surface area contributed by atoms with Crippen LogP contribution in [0.2, 0.25) is 0 Å². The van der Waals surface area contributed by atoms with Gasteiger partial charge in [-0.15, -0.1) is 11.3 Å². The van der Waals surface area contributed by atoms with Gasteiger partial charge in [0, 0.05) is 25.1 Å². The van der Waals surface area contributed by atoms with Crippen molar-refractivity contribution < 1.29 is 4.74 Å². The third-order valence-corrected chi connectivity index (χ3v) is 3.76. The number of hydrogen-bond donors (Lipinski definition) is 1. The second-order valence-corrected chi connectivity index (χ2v) is 5.60. The maximum Gasteiger partial charge on any atom is 0.122 e. The van der Waals surface area contributed by atoms with Crippen molar-refractivity contribution in [1.82, 2.24) is 10.3 Å². The molecule has 1 unspecified atom stereocenters. The predicted molar refractivity (Wildman–Crippen MR) is 66.6 cm³/mol. The fourth-order valence-electron chi connectivity index (χ4n) is 1.74. The lowest BCUT2D eigenvalue weighted by Gasteiger charge is -2.10. The Hall–Kier alpha value is -0.450. The molecule has 90 valence electrons. The van der Waals surface area contributed by atoms with Crippen molar-refractivity contribution in [1.29, 1.82) is 0 Å². The quantitative estimate of drug-likeness (QED) is 0.830. The Morgan fingerprint density at radius 2 is 2.31 bits per heavy atom. The Kier molecular flexibility index (Phi) is 3.95. The van der Waals surface area contributed by atoms with E-state index in [1.807, 2.05) is 0 Å². The molecule has 0 amide bonds. The van der Waals surface area contributed by atoms with Gasteiger partial charge >= 0.3 is 0 Å². The molecule has 1 saturated carbocycles. The van der Waals surface area contributed by atoms with Crippen molar-refractivity contribution in [3.05, 3.63) is 16.1 Å². The van der Waals surface area contributed by atoms with Crippen LogP contribution in [0.3, 0.4) is 0 Å². The smallest absolute Gasteiger partial charge is 0.122 e. The first kappa shape index (κ1) is 12.0. The van der Waals surface area contributed by atoms with Crippen LogP contribution in [0.1, 0.15) is 43.5 Å². The summed E-state index contributed by atoms with van der Waals surface area (Å²) in [5.41, 5.74) is 1.14. The molecule has 1 N–H and O–H groups in total. The largest absolute Gasteiger partial charge is 0.374 e. The summed E-state index contributed by atoms with van der Waals surface area (Å²) in [6.45, 7) is 5.15. The minimum atomic E-state index is 0.234. The third-order valence-electron chi connectivity index (χ3n) is 2.81. The van der Waals surface area contributed by atoms with Crippen molar-refractivity contribution in [2.75, 3.05) is 7.11 Å². The van der Waals surface area contributed by atoms with E-state index in [9.17, 15) is 0 Å². The molecule has 3 nitrogen and oxygen atoms in total. The molecule has 1 aliphatic rings. The topological polar surface area (TPSA) is 34.1 Å². The number of nitrogens with one attached hydrogen (secondary N) is 1. The summed E-state index contributed by atoms with van der Waals surface area (Å²) in [7, 11) is 1.79. The Balaban J connectivity index is 1.95. The highest BCUT2D eigenvalue weighted by Crippen LogP contribution is 2.43. The van der Waals surface area contributed by atoms with Gasteiger partial charge in [0.05, 0.1) is 5.69 Å². The van der Waals surface area contributed by atoms with Crippen LogP contribution >= 0.6 is 11.3 Å². The number of hydrogen-bond acceptors (Lipinski definition) is 4. The first-order chi connectivity index (χ1) is 7.70. The van der Waals surface area contributed by atoms with Gasteiger partial charge in [-0.2, -0.15) is 0 Å². The van der Waals surface area contributed by atoms with Crippen molar-refractivity contribution in [3.8, 4) is 0 Å². The average molecular weight is 240 g/mol. The van der Waals surface area contributed by atoms with Crippen LogP contribution in [0.4, 0.5) is 0 Å². The van der Waals surface area contributed by atoms with E-state index in [1.54, 1.807) is 18.4 Å². The molecular formula is C12H20N2OS. The van der Waals surface area contributed by atoms with Gasteiger partial charge in [-0.1, -0.05) is 13.8 Å². The maximum atomic E-state index is 5.53. The van der Waals surface area contributed by atoms with Crippen LogP contribution in [0, 0.1) is 5.92 Å². The molecule has 0 saturated heterocycles. The van der Waals surface area contributed by atoms with Crippen molar-refractivity contribution in [3.63, 3.8) is 0 Å². The molecule has 0 radical (unpaired) electrons. The highest BCUT2D eigenvalue weighted by atomic mass is 32.1. The standard InChI is InChI=1S/C12H20N2OS/c1-8(2)13-6-10-7-16-12(14-10)11(15-3)9-4-5-9/h7-9,11,13H,4-6H2,1-3H3. The van der Waals surface area contributed by atoms with E-state index in [1.165, 1.54) is 12.8 Å². The molecule has 1 fully saturated rings. The number of nitrogens with zero attached hydrogens (tertiary/aromatic N) is 1. The molecule has 16 heavy (non-hydrogen) atoms. The second-order valence-electron chi connectivity index (χ2n) is 4.71. The van der Waals surface area contributed by atoms with Gasteiger partial charge in [-0.3, -0.25) is 0 Å². The molecular weight excluding hydrogens is 220 g/mol. The lowest BCUT2D eigenvalue weighted by Crippen LogP contribution is -2.22. The zero-order valence-electron chi connectivity index (χ0n) is 10.2. The SMILES string of the molecule is COC(c1nc(CNC(C)C)cs1)C1CC1. The Labute approximate surface area is 101 Å². The molecule has 0 aliphatic heterocycles. The summed E-state index contributed by atoms with van der Waals surface area (Å²) in [5.74, 6) is 0.710. The van der Waals surface area contributed by atoms with Gasteiger partial charge in [0.25, 0.3) is 0 Å². The Morgan fingerprint density at radius 3 is 2.88 bits per heavy atom. The van der Waals surface area contributed by atoms with E-state index in [0.717, 1.165) is 17.2 Å². The number of methoxy groups -OCH3 is 1. The lowest BCUT2D eigenvalue weighted by atomic mass is 10.2. The highest BCUT2D eigenvalue weighted by molar-refractivity contribution is 7.09. The molecule has 1 heterocycles. The monoisotopic (exact) mass is 240 g/mol. The van der Waals surface area contributed by atoms with E-state index in [-0.39, 0.29) is 6.10 Å². The van der Waals surface area contributed by atoms with E-state index in [4.69, 9.17) is 4.74 Å². The molecule has 1 aromatic heterocycles. The molecule has 0 aromatic carbocycles. The predicted octanol–water partition coefficient (Wildman–Crippen LogP) is 2.74. The molecule has 1 aromatic rings. The number of thiazole rings is 1. The van der Waals surface area contributed by atoms with Crippen LogP contribution in [-0.2, 0) is 11.3 Å². The number of rotatable bonds is 6. The van der Waals surface area contributed by atoms with Crippen LogP contribution in [0.15, 0.2) is 5.38 Å². The minimum absolute atomic E-state index is 0.234. The Bertz CT molecular complexity index is 334. The molecule has 0 spiro atoms. The first-order valence-electron chi connectivity index (χ1n) is 5.91. The van der Waals surface area contributed by atoms with E-state index in [0.29, 0.717) is 12.0 Å². The van der Waals surface area contributed by atoms with Crippen LogP contribution < -0.4 is 5.32 Å². The summed E-state index contributed by atoms with van der Waals surface area (Å²) in [4.78, 5) is 4.65. The highest BCUT2D eigenvalue weighted by Gasteiger charge is 2.34. The summed E-state index contributed by atoms with van der Waals surface area (Å²) < 4.78 is 5.53. The van der Waals surface area contributed by atoms with Gasteiger partial charge in [0.1, 0.15) is 11.1 Å². The number of ether oxygens (including phenoxy) is 1. The minimum Gasteiger partial charge on any atom is -0.374 e. The summed E-state index contributed by atoms with van der Waals surface area (Å²) >= 11 is 1.73. The summed E-state index contributed by atoms with van der Waals surface area (Å²) in [5, 5.41) is 6.66. The van der Waals surface area contributed by atoms with Crippen molar-refractivity contribution in [2.24, 2.45) is 5.92 Å². The van der Waals surface area contributed by atoms with E-state index < -0.39 is 0 Å². The van der Waals surface area contributed by atoms with Crippen LogP contribution in [0.5, 0.6) is 0 Å². The second kappa shape index (κ2) is 5.25. The lowest BCUT2D eigenvalue weighted by molar-refractivity contribution is 0.0842. The normalized spacial score (nSPS) is 18.0. The number of aromatic nitrogens is 1. The van der Waals surface area contributed by atoms with Gasteiger partial charge < -0.3 is 10.1 Å².